The van der Waals surface area contributed by atoms with Gasteiger partial charge >= 0.3 is 0 Å². The van der Waals surface area contributed by atoms with Crippen molar-refractivity contribution in [2.75, 3.05) is 6.54 Å². The molecule has 5 nitrogen and oxygen atoms in total. The number of aliphatic hydroxyl groups is 3. The Morgan fingerprint density at radius 1 is 1.17 bits per heavy atom. The van der Waals surface area contributed by atoms with Crippen LogP contribution in [0.4, 0.5) is 0 Å². The molecule has 0 spiro atoms. The summed E-state index contributed by atoms with van der Waals surface area (Å²) in [5.41, 5.74) is 5.35. The Balaban J connectivity index is 2.63. The molecule has 0 aromatic heterocycles. The lowest BCUT2D eigenvalue weighted by Crippen LogP contribution is -2.65. The predicted octanol–water partition coefficient (Wildman–Crippen LogP) is -2.61. The fourth-order valence-electron chi connectivity index (χ4n) is 1.48. The molecule has 0 radical (unpaired) electrons. The van der Waals surface area contributed by atoms with Crippen molar-refractivity contribution in [2.45, 2.75) is 37.3 Å². The van der Waals surface area contributed by atoms with Gasteiger partial charge in [0, 0.05) is 18.6 Å². The topological polar surface area (TPSA) is 98.7 Å². The highest BCUT2D eigenvalue weighted by Crippen LogP contribution is 2.14. The van der Waals surface area contributed by atoms with Crippen LogP contribution >= 0.6 is 0 Å². The first-order valence-electron chi connectivity index (χ1n) is 4.08. The van der Waals surface area contributed by atoms with Gasteiger partial charge in [0.1, 0.15) is 6.10 Å². The molecule has 1 heterocycles. The van der Waals surface area contributed by atoms with Crippen LogP contribution in [0.15, 0.2) is 0 Å². The zero-order chi connectivity index (χ0) is 9.30. The highest BCUT2D eigenvalue weighted by Gasteiger charge is 2.39. The van der Waals surface area contributed by atoms with E-state index in [0.717, 1.165) is 0 Å². The van der Waals surface area contributed by atoms with Crippen molar-refractivity contribution >= 4 is 0 Å². The number of hydrogen-bond donors (Lipinski definition) is 5. The van der Waals surface area contributed by atoms with E-state index in [-0.39, 0.29) is 18.6 Å². The molecule has 0 amide bonds. The molecule has 12 heavy (non-hydrogen) atoms. The van der Waals surface area contributed by atoms with Crippen molar-refractivity contribution in [2.24, 2.45) is 5.73 Å². The van der Waals surface area contributed by atoms with Crippen molar-refractivity contribution in [1.82, 2.24) is 5.32 Å². The van der Waals surface area contributed by atoms with Gasteiger partial charge in [-0.05, 0) is 6.92 Å². The first-order chi connectivity index (χ1) is 5.57. The summed E-state index contributed by atoms with van der Waals surface area (Å²) in [6, 6.07) is -0.574. The van der Waals surface area contributed by atoms with Crippen molar-refractivity contribution in [3.05, 3.63) is 0 Å². The Morgan fingerprint density at radius 3 is 2.25 bits per heavy atom. The van der Waals surface area contributed by atoms with Crippen molar-refractivity contribution in [1.29, 1.82) is 0 Å². The van der Waals surface area contributed by atoms with Crippen LogP contribution in [0.1, 0.15) is 6.92 Å². The zero-order valence-electron chi connectivity index (χ0n) is 7.01. The quantitative estimate of drug-likeness (QED) is 0.301. The molecule has 0 bridgehead atoms. The fourth-order valence-corrected chi connectivity index (χ4v) is 1.48. The molecule has 0 unspecified atom stereocenters. The molecular weight excluding hydrogens is 160 g/mol. The van der Waals surface area contributed by atoms with E-state index in [1.165, 1.54) is 0 Å². The lowest BCUT2D eigenvalue weighted by Gasteiger charge is -2.39. The fraction of sp³-hybridized carbons (Fsp3) is 1.00. The first-order valence-corrected chi connectivity index (χ1v) is 4.08. The van der Waals surface area contributed by atoms with E-state index in [9.17, 15) is 15.3 Å². The van der Waals surface area contributed by atoms with Crippen LogP contribution in [0.5, 0.6) is 0 Å². The number of hydrogen-bond acceptors (Lipinski definition) is 5. The molecular formula is C7H16N2O3. The van der Waals surface area contributed by atoms with Crippen molar-refractivity contribution < 1.29 is 15.3 Å². The second-order valence-corrected chi connectivity index (χ2v) is 3.27. The minimum Gasteiger partial charge on any atom is -0.389 e. The molecule has 72 valence electrons. The predicted molar refractivity (Wildman–Crippen MR) is 43.5 cm³/mol. The second-order valence-electron chi connectivity index (χ2n) is 3.27. The van der Waals surface area contributed by atoms with Gasteiger partial charge < -0.3 is 26.4 Å². The lowest BCUT2D eigenvalue weighted by atomic mass is 9.91. The maximum atomic E-state index is 9.37. The summed E-state index contributed by atoms with van der Waals surface area (Å²) in [4.78, 5) is 0. The molecule has 1 aliphatic rings. The third-order valence-electron chi connectivity index (χ3n) is 2.36. The van der Waals surface area contributed by atoms with Gasteiger partial charge in [0.25, 0.3) is 0 Å². The standard InChI is InChI=1S/C7H16N2O3/c1-3-5(10)7(12)6(11)4(2-8)9-3/h3-7,9-12H,2,8H2,1H3/t3-,4-,5+,6+,7+/m0/s1. The van der Waals surface area contributed by atoms with Crippen LogP contribution in [0.3, 0.4) is 0 Å². The van der Waals surface area contributed by atoms with E-state index in [2.05, 4.69) is 5.32 Å². The van der Waals surface area contributed by atoms with E-state index in [1.807, 2.05) is 0 Å². The molecule has 0 aliphatic carbocycles. The van der Waals surface area contributed by atoms with Gasteiger partial charge in [0.2, 0.25) is 0 Å². The SMILES string of the molecule is C[C@@H]1N[C@@H](CN)[C@@H](O)[C@H](O)[C@@H]1O. The number of piperidine rings is 1. The van der Waals surface area contributed by atoms with Gasteiger partial charge in [-0.25, -0.2) is 0 Å². The highest BCUT2D eigenvalue weighted by atomic mass is 16.4. The highest BCUT2D eigenvalue weighted by molar-refractivity contribution is 4.96. The zero-order valence-corrected chi connectivity index (χ0v) is 7.01. The summed E-state index contributed by atoms with van der Waals surface area (Å²) in [5.74, 6) is 0. The molecule has 5 atom stereocenters. The number of aliphatic hydroxyl groups excluding tert-OH is 3. The van der Waals surface area contributed by atoms with Gasteiger partial charge in [-0.3, -0.25) is 0 Å². The molecule has 0 saturated carbocycles. The summed E-state index contributed by atoms with van der Waals surface area (Å²) < 4.78 is 0. The van der Waals surface area contributed by atoms with E-state index < -0.39 is 18.3 Å². The largest absolute Gasteiger partial charge is 0.389 e. The monoisotopic (exact) mass is 176 g/mol. The van der Waals surface area contributed by atoms with Gasteiger partial charge in [-0.1, -0.05) is 0 Å². The summed E-state index contributed by atoms with van der Waals surface area (Å²) in [6.07, 6.45) is -3.02. The number of rotatable bonds is 1. The third-order valence-corrected chi connectivity index (χ3v) is 2.36. The Labute approximate surface area is 71.2 Å². The van der Waals surface area contributed by atoms with Crippen LogP contribution in [0.2, 0.25) is 0 Å². The van der Waals surface area contributed by atoms with Crippen LogP contribution in [0.25, 0.3) is 0 Å². The Morgan fingerprint density at radius 2 is 1.75 bits per heavy atom. The summed E-state index contributed by atoms with van der Waals surface area (Å²) in [5, 5.41) is 30.9. The lowest BCUT2D eigenvalue weighted by molar-refractivity contribution is -0.108. The van der Waals surface area contributed by atoms with E-state index in [1.54, 1.807) is 6.92 Å². The first kappa shape index (κ1) is 9.88. The van der Waals surface area contributed by atoms with Crippen LogP contribution in [-0.4, -0.2) is 52.3 Å². The average Bonchev–Trinajstić information content (AvgIpc) is 2.08. The number of nitrogens with two attached hydrogens (primary N) is 1. The van der Waals surface area contributed by atoms with Crippen LogP contribution in [-0.2, 0) is 0 Å². The summed E-state index contributed by atoms with van der Waals surface area (Å²) in [7, 11) is 0. The molecule has 6 N–H and O–H groups in total. The van der Waals surface area contributed by atoms with Gasteiger partial charge in [0.15, 0.2) is 0 Å². The van der Waals surface area contributed by atoms with Crippen LogP contribution < -0.4 is 11.1 Å². The maximum Gasteiger partial charge on any atom is 0.109 e. The van der Waals surface area contributed by atoms with Gasteiger partial charge in [-0.15, -0.1) is 0 Å². The molecule has 0 aromatic carbocycles. The van der Waals surface area contributed by atoms with Crippen molar-refractivity contribution in [3.8, 4) is 0 Å². The Hall–Kier alpha value is -0.200. The Kier molecular flexibility index (Phi) is 3.03. The minimum absolute atomic E-state index is 0.239. The van der Waals surface area contributed by atoms with Gasteiger partial charge in [-0.2, -0.15) is 0 Å². The number of nitrogens with one attached hydrogen (secondary N) is 1. The van der Waals surface area contributed by atoms with Crippen LogP contribution in [0, 0.1) is 0 Å². The third kappa shape index (κ3) is 1.60. The van der Waals surface area contributed by atoms with E-state index in [4.69, 9.17) is 5.73 Å². The molecule has 1 saturated heterocycles. The summed E-state index contributed by atoms with van der Waals surface area (Å²) in [6.45, 7) is 1.98. The molecule has 5 heteroatoms. The second kappa shape index (κ2) is 3.68. The Bertz CT molecular complexity index is 151. The van der Waals surface area contributed by atoms with E-state index in [0.29, 0.717) is 0 Å². The molecule has 0 aromatic rings. The smallest absolute Gasteiger partial charge is 0.109 e. The van der Waals surface area contributed by atoms with Gasteiger partial charge in [0.05, 0.1) is 12.2 Å². The molecule has 1 rings (SSSR count). The molecule has 1 fully saturated rings. The minimum atomic E-state index is -1.10. The van der Waals surface area contributed by atoms with E-state index >= 15 is 0 Å². The summed E-state index contributed by atoms with van der Waals surface area (Å²) >= 11 is 0. The normalized spacial score (nSPS) is 49.2. The average molecular weight is 176 g/mol. The maximum absolute atomic E-state index is 9.37. The molecule has 1 aliphatic heterocycles. The van der Waals surface area contributed by atoms with Crippen molar-refractivity contribution in [3.63, 3.8) is 0 Å².